The molecule has 130 valence electrons. The standard InChI is InChI=1S/C17H24Br2O4/c1-16(2,18)14(20)22-8-12-10-5-6-11(7-10)13(12)9-23-15(21)17(3,4)19/h5-6,10-13H,7-9H2,1-4H3/t10-,11-,12-,13+/m0/s1. The number of allylic oxidation sites excluding steroid dienone is 2. The molecular formula is C17H24Br2O4. The number of esters is 2. The summed E-state index contributed by atoms with van der Waals surface area (Å²) in [7, 11) is 0. The molecule has 0 heterocycles. The molecule has 0 spiro atoms. The summed E-state index contributed by atoms with van der Waals surface area (Å²) in [5, 5.41) is 0. The van der Waals surface area contributed by atoms with Crippen LogP contribution in [-0.2, 0) is 19.1 Å². The number of carbonyl (C=O) groups excluding carboxylic acids is 2. The molecule has 0 N–H and O–H groups in total. The van der Waals surface area contributed by atoms with Crippen molar-refractivity contribution < 1.29 is 19.1 Å². The van der Waals surface area contributed by atoms with Crippen molar-refractivity contribution >= 4 is 43.8 Å². The maximum atomic E-state index is 12.0. The van der Waals surface area contributed by atoms with Gasteiger partial charge in [0.25, 0.3) is 0 Å². The highest BCUT2D eigenvalue weighted by atomic mass is 79.9. The van der Waals surface area contributed by atoms with Crippen molar-refractivity contribution in [1.29, 1.82) is 0 Å². The average Bonchev–Trinajstić information content (AvgIpc) is 3.00. The fourth-order valence-corrected chi connectivity index (χ4v) is 3.44. The third-order valence-electron chi connectivity index (χ3n) is 4.58. The Labute approximate surface area is 154 Å². The van der Waals surface area contributed by atoms with E-state index in [1.807, 2.05) is 0 Å². The molecule has 2 bridgehead atoms. The summed E-state index contributed by atoms with van der Waals surface area (Å²) in [6.07, 6.45) is 5.46. The van der Waals surface area contributed by atoms with Crippen LogP contribution in [0.2, 0.25) is 0 Å². The molecule has 4 nitrogen and oxygen atoms in total. The van der Waals surface area contributed by atoms with Crippen LogP contribution in [0, 0.1) is 23.7 Å². The normalized spacial score (nSPS) is 29.7. The van der Waals surface area contributed by atoms with Crippen LogP contribution in [0.5, 0.6) is 0 Å². The Kier molecular flexibility index (Phi) is 5.66. The smallest absolute Gasteiger partial charge is 0.322 e. The fraction of sp³-hybridized carbons (Fsp3) is 0.765. The lowest BCUT2D eigenvalue weighted by Crippen LogP contribution is -2.35. The number of hydrogen-bond donors (Lipinski definition) is 0. The molecule has 0 aromatic heterocycles. The molecule has 4 atom stereocenters. The second-order valence-electron chi connectivity index (χ2n) is 7.42. The number of carbonyl (C=O) groups is 2. The largest absolute Gasteiger partial charge is 0.464 e. The number of alkyl halides is 2. The minimum absolute atomic E-state index is 0.218. The maximum absolute atomic E-state index is 12.0. The molecule has 6 heteroatoms. The van der Waals surface area contributed by atoms with E-state index in [4.69, 9.17) is 9.47 Å². The quantitative estimate of drug-likeness (QED) is 0.349. The SMILES string of the molecule is CC(C)(Br)C(=O)OC[C@@H]1[C@H](COC(=O)C(C)(C)Br)[C@H]2C=C[C@H]1C2. The zero-order valence-electron chi connectivity index (χ0n) is 14.0. The van der Waals surface area contributed by atoms with E-state index in [0.29, 0.717) is 25.0 Å². The zero-order valence-corrected chi connectivity index (χ0v) is 17.1. The molecular weight excluding hydrogens is 428 g/mol. The Hall–Kier alpha value is -0.360. The Morgan fingerprint density at radius 2 is 1.26 bits per heavy atom. The van der Waals surface area contributed by atoms with Gasteiger partial charge in [-0.25, -0.2) is 0 Å². The molecule has 0 aliphatic heterocycles. The Bertz CT molecular complexity index is 458. The molecule has 0 saturated heterocycles. The van der Waals surface area contributed by atoms with Crippen LogP contribution in [0.3, 0.4) is 0 Å². The summed E-state index contributed by atoms with van der Waals surface area (Å²) in [5.74, 6) is 0.729. The van der Waals surface area contributed by atoms with Crippen molar-refractivity contribution in [2.45, 2.75) is 42.8 Å². The average molecular weight is 452 g/mol. The van der Waals surface area contributed by atoms with Gasteiger partial charge in [0, 0.05) is 11.8 Å². The minimum atomic E-state index is -0.678. The summed E-state index contributed by atoms with van der Waals surface area (Å²) in [6, 6.07) is 0. The van der Waals surface area contributed by atoms with Crippen molar-refractivity contribution in [3.05, 3.63) is 12.2 Å². The van der Waals surface area contributed by atoms with E-state index in [9.17, 15) is 9.59 Å². The molecule has 2 aliphatic rings. The van der Waals surface area contributed by atoms with Crippen molar-refractivity contribution in [2.24, 2.45) is 23.7 Å². The summed E-state index contributed by atoms with van der Waals surface area (Å²) in [6.45, 7) is 7.83. The molecule has 0 unspecified atom stereocenters. The molecule has 0 radical (unpaired) electrons. The third kappa shape index (κ3) is 4.59. The summed E-state index contributed by atoms with van der Waals surface area (Å²) in [5.41, 5.74) is 0. The first-order valence-electron chi connectivity index (χ1n) is 7.90. The molecule has 0 aromatic carbocycles. The first kappa shape index (κ1) is 19.0. The lowest BCUT2D eigenvalue weighted by molar-refractivity contribution is -0.151. The van der Waals surface area contributed by atoms with E-state index >= 15 is 0 Å². The van der Waals surface area contributed by atoms with Crippen molar-refractivity contribution in [3.8, 4) is 0 Å². The zero-order chi connectivity index (χ0) is 17.4. The Balaban J connectivity index is 1.94. The van der Waals surface area contributed by atoms with Crippen molar-refractivity contribution in [1.82, 2.24) is 0 Å². The van der Waals surface area contributed by atoms with E-state index in [1.54, 1.807) is 27.7 Å². The topological polar surface area (TPSA) is 52.6 Å². The van der Waals surface area contributed by atoms with Crippen LogP contribution in [0.4, 0.5) is 0 Å². The third-order valence-corrected chi connectivity index (χ3v) is 5.23. The van der Waals surface area contributed by atoms with E-state index in [0.717, 1.165) is 6.42 Å². The van der Waals surface area contributed by atoms with Gasteiger partial charge in [-0.05, 0) is 46.0 Å². The van der Waals surface area contributed by atoms with Crippen LogP contribution in [0.15, 0.2) is 12.2 Å². The number of ether oxygens (including phenoxy) is 2. The Morgan fingerprint density at radius 3 is 1.57 bits per heavy atom. The monoisotopic (exact) mass is 450 g/mol. The second kappa shape index (κ2) is 6.87. The van der Waals surface area contributed by atoms with Crippen molar-refractivity contribution in [2.75, 3.05) is 13.2 Å². The highest BCUT2D eigenvalue weighted by molar-refractivity contribution is 9.10. The van der Waals surface area contributed by atoms with Crippen LogP contribution in [0.25, 0.3) is 0 Å². The highest BCUT2D eigenvalue weighted by Crippen LogP contribution is 2.48. The van der Waals surface area contributed by atoms with Gasteiger partial charge in [0.05, 0.1) is 13.2 Å². The lowest BCUT2D eigenvalue weighted by Gasteiger charge is -2.29. The highest BCUT2D eigenvalue weighted by Gasteiger charge is 2.46. The molecule has 1 saturated carbocycles. The molecule has 2 aliphatic carbocycles. The van der Waals surface area contributed by atoms with E-state index in [1.165, 1.54) is 0 Å². The van der Waals surface area contributed by atoms with Gasteiger partial charge >= 0.3 is 11.9 Å². The van der Waals surface area contributed by atoms with Crippen LogP contribution < -0.4 is 0 Å². The fourth-order valence-electron chi connectivity index (χ4n) is 3.21. The summed E-state index contributed by atoms with van der Waals surface area (Å²) >= 11 is 6.64. The van der Waals surface area contributed by atoms with Gasteiger partial charge in [-0.2, -0.15) is 0 Å². The van der Waals surface area contributed by atoms with Gasteiger partial charge in [0.2, 0.25) is 0 Å². The van der Waals surface area contributed by atoms with Gasteiger partial charge in [-0.15, -0.1) is 0 Å². The predicted octanol–water partition coefficient (Wildman–Crippen LogP) is 3.86. The van der Waals surface area contributed by atoms with Gasteiger partial charge < -0.3 is 9.47 Å². The van der Waals surface area contributed by atoms with Gasteiger partial charge in [0.1, 0.15) is 8.65 Å². The van der Waals surface area contributed by atoms with Gasteiger partial charge in [-0.3, -0.25) is 9.59 Å². The van der Waals surface area contributed by atoms with E-state index < -0.39 is 8.65 Å². The molecule has 0 aromatic rings. The first-order valence-corrected chi connectivity index (χ1v) is 9.49. The molecule has 0 amide bonds. The van der Waals surface area contributed by atoms with Crippen molar-refractivity contribution in [3.63, 3.8) is 0 Å². The van der Waals surface area contributed by atoms with Gasteiger partial charge in [0.15, 0.2) is 0 Å². The number of halogens is 2. The number of fused-ring (bicyclic) bond motifs is 2. The minimum Gasteiger partial charge on any atom is -0.464 e. The molecule has 23 heavy (non-hydrogen) atoms. The maximum Gasteiger partial charge on any atom is 0.322 e. The molecule has 2 rings (SSSR count). The van der Waals surface area contributed by atoms with E-state index in [-0.39, 0.29) is 23.8 Å². The molecule has 1 fully saturated rings. The lowest BCUT2D eigenvalue weighted by atomic mass is 9.84. The Morgan fingerprint density at radius 1 is 0.913 bits per heavy atom. The first-order chi connectivity index (χ1) is 10.5. The van der Waals surface area contributed by atoms with Crippen LogP contribution >= 0.6 is 31.9 Å². The van der Waals surface area contributed by atoms with Gasteiger partial charge in [-0.1, -0.05) is 44.0 Å². The number of rotatable bonds is 6. The summed E-state index contributed by atoms with van der Waals surface area (Å²) in [4.78, 5) is 23.9. The predicted molar refractivity (Wildman–Crippen MR) is 95.6 cm³/mol. The van der Waals surface area contributed by atoms with E-state index in [2.05, 4.69) is 44.0 Å². The number of hydrogen-bond acceptors (Lipinski definition) is 4. The van der Waals surface area contributed by atoms with Crippen LogP contribution in [-0.4, -0.2) is 33.8 Å². The second-order valence-corrected chi connectivity index (χ2v) is 11.4. The van der Waals surface area contributed by atoms with Crippen LogP contribution in [0.1, 0.15) is 34.1 Å². The summed E-state index contributed by atoms with van der Waals surface area (Å²) < 4.78 is 9.60.